The zero-order valence-electron chi connectivity index (χ0n) is 11.4. The Kier molecular flexibility index (Phi) is 5.06. The van der Waals surface area contributed by atoms with Crippen LogP contribution in [-0.2, 0) is 16.0 Å². The lowest BCUT2D eigenvalue weighted by atomic mass is 9.94. The molecule has 2 rings (SSSR count). The molecule has 0 saturated carbocycles. The zero-order chi connectivity index (χ0) is 14.7. The molecule has 1 aromatic rings. The van der Waals surface area contributed by atoms with Crippen LogP contribution < -0.4 is 0 Å². The molecule has 1 saturated heterocycles. The van der Waals surface area contributed by atoms with Crippen LogP contribution in [0, 0.1) is 5.92 Å². The lowest BCUT2D eigenvalue weighted by Crippen LogP contribution is -2.44. The van der Waals surface area contributed by atoms with Gasteiger partial charge in [0.15, 0.2) is 0 Å². The van der Waals surface area contributed by atoms with E-state index in [-0.39, 0.29) is 17.6 Å². The van der Waals surface area contributed by atoms with E-state index in [4.69, 9.17) is 23.2 Å². The number of halogens is 2. The summed E-state index contributed by atoms with van der Waals surface area (Å²) in [5.74, 6) is 0.293. The summed E-state index contributed by atoms with van der Waals surface area (Å²) in [6, 6.07) is 5.22. The molecule has 5 heteroatoms. The summed E-state index contributed by atoms with van der Waals surface area (Å²) in [5.41, 5.74) is 0.842. The molecule has 1 fully saturated rings. The zero-order valence-corrected chi connectivity index (χ0v) is 12.9. The average Bonchev–Trinajstić information content (AvgIpc) is 2.43. The highest BCUT2D eigenvalue weighted by atomic mass is 35.5. The molecule has 1 atom stereocenters. The summed E-state index contributed by atoms with van der Waals surface area (Å²) in [6.45, 7) is 3.04. The number of hydrogen-bond donors (Lipinski definition) is 0. The van der Waals surface area contributed by atoms with Gasteiger partial charge in [0.1, 0.15) is 5.78 Å². The van der Waals surface area contributed by atoms with E-state index in [9.17, 15) is 9.59 Å². The molecule has 1 aromatic carbocycles. The van der Waals surface area contributed by atoms with Crippen molar-refractivity contribution >= 4 is 34.9 Å². The second kappa shape index (κ2) is 6.59. The number of likely N-dealkylation sites (tertiary alicyclic amines) is 1. The molecule has 1 aliphatic heterocycles. The molecule has 0 radical (unpaired) electrons. The van der Waals surface area contributed by atoms with E-state index >= 15 is 0 Å². The number of amides is 1. The van der Waals surface area contributed by atoms with Gasteiger partial charge in [0.05, 0.1) is 16.5 Å². The Morgan fingerprint density at radius 1 is 1.35 bits per heavy atom. The first-order valence-electron chi connectivity index (χ1n) is 6.75. The minimum Gasteiger partial charge on any atom is -0.341 e. The van der Waals surface area contributed by atoms with Gasteiger partial charge >= 0.3 is 0 Å². The fourth-order valence-corrected chi connectivity index (χ4v) is 2.75. The van der Waals surface area contributed by atoms with Gasteiger partial charge in [0.25, 0.3) is 0 Å². The van der Waals surface area contributed by atoms with Gasteiger partial charge in [-0.25, -0.2) is 0 Å². The van der Waals surface area contributed by atoms with Crippen molar-refractivity contribution in [2.45, 2.75) is 26.2 Å². The van der Waals surface area contributed by atoms with E-state index in [1.807, 2.05) is 6.92 Å². The number of ketones is 1. The minimum absolute atomic E-state index is 0.0125. The number of hydrogen-bond acceptors (Lipinski definition) is 2. The third kappa shape index (κ3) is 3.53. The topological polar surface area (TPSA) is 37.4 Å². The average molecular weight is 314 g/mol. The number of carbonyl (C=O) groups is 2. The van der Waals surface area contributed by atoms with Crippen LogP contribution in [0.15, 0.2) is 18.2 Å². The quantitative estimate of drug-likeness (QED) is 0.858. The second-order valence-electron chi connectivity index (χ2n) is 5.09. The first kappa shape index (κ1) is 15.3. The molecule has 0 bridgehead atoms. The number of nitrogens with zero attached hydrogens (tertiary/aromatic N) is 1. The van der Waals surface area contributed by atoms with Gasteiger partial charge in [0, 0.05) is 25.4 Å². The van der Waals surface area contributed by atoms with Crippen molar-refractivity contribution in [1.29, 1.82) is 0 Å². The Balaban J connectivity index is 2.01. The van der Waals surface area contributed by atoms with E-state index in [0.29, 0.717) is 36.0 Å². The molecule has 3 nitrogen and oxygen atoms in total. The summed E-state index contributed by atoms with van der Waals surface area (Å²) in [7, 11) is 0. The van der Waals surface area contributed by atoms with Crippen LogP contribution in [0.25, 0.3) is 0 Å². The standard InChI is InChI=1S/C15H17Cl2NO2/c1-2-11-9-18(6-5-14(11)19)15(20)8-10-3-4-12(16)13(17)7-10/h3-4,7,11H,2,5-6,8-9H2,1H3. The lowest BCUT2D eigenvalue weighted by molar-refractivity contribution is -0.136. The Morgan fingerprint density at radius 2 is 2.10 bits per heavy atom. The van der Waals surface area contributed by atoms with Crippen molar-refractivity contribution in [3.63, 3.8) is 0 Å². The molecular weight excluding hydrogens is 297 g/mol. The van der Waals surface area contributed by atoms with Gasteiger partial charge in [-0.1, -0.05) is 36.2 Å². The summed E-state index contributed by atoms with van der Waals surface area (Å²) >= 11 is 11.8. The van der Waals surface area contributed by atoms with Gasteiger partial charge in [-0.2, -0.15) is 0 Å². The maximum Gasteiger partial charge on any atom is 0.227 e. The molecular formula is C15H17Cl2NO2. The van der Waals surface area contributed by atoms with E-state index < -0.39 is 0 Å². The minimum atomic E-state index is -0.0125. The molecule has 1 amide bonds. The molecule has 1 aliphatic rings. The van der Waals surface area contributed by atoms with E-state index in [1.54, 1.807) is 23.1 Å². The third-order valence-corrected chi connectivity index (χ3v) is 4.45. The monoisotopic (exact) mass is 313 g/mol. The highest BCUT2D eigenvalue weighted by Crippen LogP contribution is 2.23. The largest absolute Gasteiger partial charge is 0.341 e. The second-order valence-corrected chi connectivity index (χ2v) is 5.90. The molecule has 0 aliphatic carbocycles. The highest BCUT2D eigenvalue weighted by Gasteiger charge is 2.28. The van der Waals surface area contributed by atoms with Crippen LogP contribution in [0.1, 0.15) is 25.3 Å². The van der Waals surface area contributed by atoms with Gasteiger partial charge in [-0.15, -0.1) is 0 Å². The highest BCUT2D eigenvalue weighted by molar-refractivity contribution is 6.42. The van der Waals surface area contributed by atoms with Crippen molar-refractivity contribution in [3.05, 3.63) is 33.8 Å². The summed E-state index contributed by atoms with van der Waals surface area (Å²) in [6.07, 6.45) is 1.54. The summed E-state index contributed by atoms with van der Waals surface area (Å²) in [4.78, 5) is 25.7. The smallest absolute Gasteiger partial charge is 0.227 e. The van der Waals surface area contributed by atoms with E-state index in [2.05, 4.69) is 0 Å². The van der Waals surface area contributed by atoms with E-state index in [1.165, 1.54) is 0 Å². The van der Waals surface area contributed by atoms with Crippen LogP contribution in [0.2, 0.25) is 10.0 Å². The van der Waals surface area contributed by atoms with Crippen LogP contribution in [0.4, 0.5) is 0 Å². The third-order valence-electron chi connectivity index (χ3n) is 3.71. The normalized spacial score (nSPS) is 19.2. The Hall–Kier alpha value is -1.06. The fourth-order valence-electron chi connectivity index (χ4n) is 2.43. The van der Waals surface area contributed by atoms with Crippen LogP contribution in [0.5, 0.6) is 0 Å². The SMILES string of the molecule is CCC1CN(C(=O)Cc2ccc(Cl)c(Cl)c2)CCC1=O. The molecule has 0 spiro atoms. The summed E-state index contributed by atoms with van der Waals surface area (Å²) < 4.78 is 0. The number of carbonyl (C=O) groups excluding carboxylic acids is 2. The van der Waals surface area contributed by atoms with Gasteiger partial charge in [-0.3, -0.25) is 9.59 Å². The first-order valence-corrected chi connectivity index (χ1v) is 7.51. The number of benzene rings is 1. The van der Waals surface area contributed by atoms with Crippen LogP contribution >= 0.6 is 23.2 Å². The molecule has 108 valence electrons. The van der Waals surface area contributed by atoms with Crippen molar-refractivity contribution in [2.24, 2.45) is 5.92 Å². The van der Waals surface area contributed by atoms with Gasteiger partial charge in [-0.05, 0) is 24.1 Å². The van der Waals surface area contributed by atoms with Gasteiger partial charge < -0.3 is 4.90 Å². The Labute approximate surface area is 128 Å². The predicted octanol–water partition coefficient (Wildman–Crippen LogP) is 3.36. The maximum absolute atomic E-state index is 12.3. The van der Waals surface area contributed by atoms with Crippen molar-refractivity contribution in [2.75, 3.05) is 13.1 Å². The molecule has 0 N–H and O–H groups in total. The number of rotatable bonds is 3. The van der Waals surface area contributed by atoms with Gasteiger partial charge in [0.2, 0.25) is 5.91 Å². The van der Waals surface area contributed by atoms with Crippen molar-refractivity contribution in [1.82, 2.24) is 4.90 Å². The molecule has 0 aromatic heterocycles. The molecule has 1 heterocycles. The maximum atomic E-state index is 12.3. The number of Topliss-reactive ketones (excluding diaryl/α,β-unsaturated/α-hetero) is 1. The van der Waals surface area contributed by atoms with Crippen molar-refractivity contribution < 1.29 is 9.59 Å². The Bertz CT molecular complexity index is 531. The van der Waals surface area contributed by atoms with Crippen LogP contribution in [0.3, 0.4) is 0 Å². The van der Waals surface area contributed by atoms with E-state index in [0.717, 1.165) is 12.0 Å². The van der Waals surface area contributed by atoms with Crippen molar-refractivity contribution in [3.8, 4) is 0 Å². The molecule has 1 unspecified atom stereocenters. The van der Waals surface area contributed by atoms with Crippen LogP contribution in [-0.4, -0.2) is 29.7 Å². The fraction of sp³-hybridized carbons (Fsp3) is 0.467. The molecule has 20 heavy (non-hydrogen) atoms. The lowest BCUT2D eigenvalue weighted by Gasteiger charge is -2.31. The summed E-state index contributed by atoms with van der Waals surface area (Å²) in [5, 5.41) is 0.940. The predicted molar refractivity (Wildman–Crippen MR) is 80.2 cm³/mol. The Morgan fingerprint density at radius 3 is 2.75 bits per heavy atom. The number of piperidine rings is 1. The first-order chi connectivity index (χ1) is 9.51.